The van der Waals surface area contributed by atoms with Crippen LogP contribution in [0.1, 0.15) is 6.42 Å². The fraction of sp³-hybridized carbons (Fsp3) is 0.667. The quantitative estimate of drug-likeness (QED) is 0.779. The Morgan fingerprint density at radius 2 is 2.12 bits per heavy atom. The summed E-state index contributed by atoms with van der Waals surface area (Å²) in [5, 5.41) is 9.25. The largest absolute Gasteiger partial charge is 0.396 e. The highest BCUT2D eigenvalue weighted by molar-refractivity contribution is 5.38. The normalized spacial score (nSPS) is 27.4. The number of rotatable bonds is 2. The van der Waals surface area contributed by atoms with Gasteiger partial charge in [0.1, 0.15) is 0 Å². The van der Waals surface area contributed by atoms with Crippen LogP contribution in [0.25, 0.3) is 0 Å². The van der Waals surface area contributed by atoms with Gasteiger partial charge in [0.15, 0.2) is 0 Å². The predicted molar refractivity (Wildman–Crippen MR) is 64.8 cm³/mol. The predicted octanol–water partition coefficient (Wildman–Crippen LogP) is -0.0206. The molecule has 1 spiro atoms. The first-order valence-electron chi connectivity index (χ1n) is 6.08. The summed E-state index contributed by atoms with van der Waals surface area (Å²) in [6, 6.07) is 1.84. The zero-order valence-electron chi connectivity index (χ0n) is 10.1. The molecule has 92 valence electrons. The number of hydrogen-bond donors (Lipinski definition) is 1. The highest BCUT2D eigenvalue weighted by Gasteiger charge is 2.52. The number of hydrogen-bond acceptors (Lipinski definition) is 5. The molecule has 0 unspecified atom stereocenters. The van der Waals surface area contributed by atoms with Gasteiger partial charge >= 0.3 is 0 Å². The second-order valence-electron chi connectivity index (χ2n) is 5.26. The molecule has 3 heterocycles. The summed E-state index contributed by atoms with van der Waals surface area (Å²) >= 11 is 0. The summed E-state index contributed by atoms with van der Waals surface area (Å²) in [6.07, 6.45) is 4.65. The lowest BCUT2D eigenvalue weighted by Gasteiger charge is -2.51. The van der Waals surface area contributed by atoms with Crippen molar-refractivity contribution in [2.45, 2.75) is 12.0 Å². The molecule has 0 bridgehead atoms. The van der Waals surface area contributed by atoms with Crippen molar-refractivity contribution >= 4 is 5.95 Å². The minimum Gasteiger partial charge on any atom is -0.396 e. The molecule has 17 heavy (non-hydrogen) atoms. The average Bonchev–Trinajstić information content (AvgIpc) is 2.66. The minimum absolute atomic E-state index is 0.243. The molecular formula is C12H18N4O. The third-order valence-electron chi connectivity index (χ3n) is 4.07. The van der Waals surface area contributed by atoms with Crippen LogP contribution in [0.15, 0.2) is 18.5 Å². The molecule has 5 nitrogen and oxygen atoms in total. The second-order valence-corrected chi connectivity index (χ2v) is 5.26. The summed E-state index contributed by atoms with van der Waals surface area (Å²) in [7, 11) is 2.15. The van der Waals surface area contributed by atoms with E-state index in [2.05, 4.69) is 26.8 Å². The van der Waals surface area contributed by atoms with Crippen LogP contribution in [-0.2, 0) is 0 Å². The maximum Gasteiger partial charge on any atom is 0.225 e. The maximum atomic E-state index is 9.25. The molecule has 5 heteroatoms. The van der Waals surface area contributed by atoms with Gasteiger partial charge in [-0.2, -0.15) is 0 Å². The van der Waals surface area contributed by atoms with E-state index in [9.17, 15) is 5.11 Å². The van der Waals surface area contributed by atoms with E-state index in [0.717, 1.165) is 32.0 Å². The first-order chi connectivity index (χ1) is 8.23. The summed E-state index contributed by atoms with van der Waals surface area (Å²) in [6.45, 7) is 3.25. The number of nitrogens with zero attached hydrogens (tertiary/aromatic N) is 4. The molecular weight excluding hydrogens is 216 g/mol. The third-order valence-corrected chi connectivity index (χ3v) is 4.07. The molecule has 3 rings (SSSR count). The Hall–Kier alpha value is -1.20. The van der Waals surface area contributed by atoms with Gasteiger partial charge in [0, 0.05) is 38.6 Å². The van der Waals surface area contributed by atoms with Crippen molar-refractivity contribution in [1.29, 1.82) is 0 Å². The molecule has 1 aromatic heterocycles. The lowest BCUT2D eigenvalue weighted by atomic mass is 9.85. The van der Waals surface area contributed by atoms with Gasteiger partial charge in [-0.05, 0) is 25.5 Å². The molecule has 1 atom stereocenters. The van der Waals surface area contributed by atoms with E-state index >= 15 is 0 Å². The van der Waals surface area contributed by atoms with Crippen LogP contribution >= 0.6 is 0 Å². The van der Waals surface area contributed by atoms with Crippen LogP contribution in [0, 0.1) is 5.92 Å². The fourth-order valence-electron chi connectivity index (χ4n) is 3.09. The molecule has 0 aromatic carbocycles. The number of aromatic nitrogens is 2. The Labute approximate surface area is 101 Å². The van der Waals surface area contributed by atoms with Gasteiger partial charge in [0.05, 0.1) is 5.54 Å². The molecule has 0 amide bonds. The fourth-order valence-corrected chi connectivity index (χ4v) is 3.09. The van der Waals surface area contributed by atoms with Crippen LogP contribution < -0.4 is 4.90 Å². The average molecular weight is 234 g/mol. The van der Waals surface area contributed by atoms with Crippen LogP contribution in [0.4, 0.5) is 5.95 Å². The van der Waals surface area contributed by atoms with E-state index in [1.165, 1.54) is 0 Å². The maximum absolute atomic E-state index is 9.25. The first kappa shape index (κ1) is 10.9. The van der Waals surface area contributed by atoms with E-state index in [0.29, 0.717) is 12.5 Å². The number of likely N-dealkylation sites (N-methyl/N-ethyl adjacent to an activating group) is 1. The Morgan fingerprint density at radius 3 is 2.71 bits per heavy atom. The summed E-state index contributed by atoms with van der Waals surface area (Å²) in [5.74, 6) is 1.25. The van der Waals surface area contributed by atoms with Crippen LogP contribution in [0.2, 0.25) is 0 Å². The van der Waals surface area contributed by atoms with Crippen LogP contribution in [-0.4, -0.2) is 58.8 Å². The zero-order valence-corrected chi connectivity index (χ0v) is 10.1. The van der Waals surface area contributed by atoms with Crippen molar-refractivity contribution in [1.82, 2.24) is 14.9 Å². The van der Waals surface area contributed by atoms with E-state index < -0.39 is 0 Å². The topological polar surface area (TPSA) is 52.5 Å². The third kappa shape index (κ3) is 1.70. The van der Waals surface area contributed by atoms with E-state index in [1.54, 1.807) is 12.4 Å². The number of aliphatic hydroxyl groups excluding tert-OH is 1. The first-order valence-corrected chi connectivity index (χ1v) is 6.08. The Balaban J connectivity index is 1.68. The smallest absolute Gasteiger partial charge is 0.225 e. The van der Waals surface area contributed by atoms with Gasteiger partial charge in [0.25, 0.3) is 0 Å². The van der Waals surface area contributed by atoms with Gasteiger partial charge < -0.3 is 10.0 Å². The van der Waals surface area contributed by atoms with Crippen molar-refractivity contribution in [2.24, 2.45) is 5.92 Å². The van der Waals surface area contributed by atoms with E-state index in [-0.39, 0.29) is 5.54 Å². The monoisotopic (exact) mass is 234 g/mol. The van der Waals surface area contributed by atoms with E-state index in [4.69, 9.17) is 0 Å². The minimum atomic E-state index is 0.243. The summed E-state index contributed by atoms with van der Waals surface area (Å²) in [4.78, 5) is 13.1. The number of anilines is 1. The molecule has 0 radical (unpaired) electrons. The molecule has 1 aromatic rings. The molecule has 1 N–H and O–H groups in total. The van der Waals surface area contributed by atoms with Crippen molar-refractivity contribution in [2.75, 3.05) is 38.2 Å². The molecule has 2 aliphatic heterocycles. The SMILES string of the molecule is CN1C[C@@H](CO)CC12CN(c1ncccn1)C2. The van der Waals surface area contributed by atoms with Crippen molar-refractivity contribution in [3.8, 4) is 0 Å². The van der Waals surface area contributed by atoms with Gasteiger partial charge in [0.2, 0.25) is 5.95 Å². The Kier molecular flexibility index (Phi) is 2.52. The standard InChI is InChI=1S/C12H18N4O/c1-15-6-10(7-17)5-12(15)8-16(9-12)11-13-3-2-4-14-11/h2-4,10,17H,5-9H2,1H3/t10-/m0/s1. The second kappa shape index (κ2) is 3.92. The molecule has 2 saturated heterocycles. The number of aliphatic hydroxyl groups is 1. The molecule has 2 aliphatic rings. The lowest BCUT2D eigenvalue weighted by molar-refractivity contribution is 0.131. The van der Waals surface area contributed by atoms with Gasteiger partial charge in [-0.1, -0.05) is 0 Å². The van der Waals surface area contributed by atoms with Gasteiger partial charge in [-0.15, -0.1) is 0 Å². The van der Waals surface area contributed by atoms with Crippen molar-refractivity contribution in [3.63, 3.8) is 0 Å². The molecule has 0 saturated carbocycles. The number of likely N-dealkylation sites (tertiary alicyclic amines) is 1. The Bertz CT molecular complexity index is 391. The van der Waals surface area contributed by atoms with Gasteiger partial charge in [-0.25, -0.2) is 9.97 Å². The summed E-state index contributed by atoms with van der Waals surface area (Å²) < 4.78 is 0. The Morgan fingerprint density at radius 1 is 1.41 bits per heavy atom. The van der Waals surface area contributed by atoms with Gasteiger partial charge in [-0.3, -0.25) is 4.90 Å². The molecule has 0 aliphatic carbocycles. The van der Waals surface area contributed by atoms with Crippen molar-refractivity contribution < 1.29 is 5.11 Å². The molecule has 2 fully saturated rings. The van der Waals surface area contributed by atoms with Crippen LogP contribution in [0.3, 0.4) is 0 Å². The lowest BCUT2D eigenvalue weighted by Crippen LogP contribution is -2.67. The van der Waals surface area contributed by atoms with E-state index in [1.807, 2.05) is 6.07 Å². The van der Waals surface area contributed by atoms with Crippen LogP contribution in [0.5, 0.6) is 0 Å². The zero-order chi connectivity index (χ0) is 11.9. The van der Waals surface area contributed by atoms with Crippen molar-refractivity contribution in [3.05, 3.63) is 18.5 Å². The highest BCUT2D eigenvalue weighted by atomic mass is 16.3. The summed E-state index contributed by atoms with van der Waals surface area (Å²) in [5.41, 5.74) is 0.243. The highest BCUT2D eigenvalue weighted by Crippen LogP contribution is 2.40.